The Balaban J connectivity index is -0.0000106. The fourth-order valence-corrected chi connectivity index (χ4v) is 5.73. The van der Waals surface area contributed by atoms with E-state index in [9.17, 15) is 0 Å². The van der Waals surface area contributed by atoms with Gasteiger partial charge in [-0.1, -0.05) is 129 Å². The number of halogens is 2. The summed E-state index contributed by atoms with van der Waals surface area (Å²) >= 11 is 0. The van der Waals surface area contributed by atoms with Crippen molar-refractivity contribution < 1.29 is 61.9 Å². The molecule has 8 heteroatoms. The molecular weight excluding hydrogens is 744 g/mol. The number of ether oxygens (including phenoxy) is 4. The number of quaternary nitrogens is 2. The van der Waals surface area contributed by atoms with Gasteiger partial charge in [-0.25, -0.2) is 0 Å². The van der Waals surface area contributed by atoms with Crippen LogP contribution in [-0.2, 0) is 18.9 Å². The van der Waals surface area contributed by atoms with E-state index in [-0.39, 0.29) is 39.4 Å². The number of hydrogen-bond acceptors (Lipinski definition) is 4. The van der Waals surface area contributed by atoms with Crippen LogP contribution in [-0.4, -0.2) is 116 Å². The summed E-state index contributed by atoms with van der Waals surface area (Å²) in [5, 5.41) is 0. The van der Waals surface area contributed by atoms with Crippen LogP contribution in [0.1, 0.15) is 156 Å². The minimum atomic E-state index is -0.274. The molecule has 0 aliphatic rings. The summed E-state index contributed by atoms with van der Waals surface area (Å²) < 4.78 is 27.6. The second-order valence-corrected chi connectivity index (χ2v) is 16.0. The molecule has 0 atom stereocenters. The molecule has 0 aliphatic carbocycles. The second kappa shape index (κ2) is 37.1. The molecule has 0 saturated heterocycles. The van der Waals surface area contributed by atoms with E-state index in [1.165, 1.54) is 116 Å². The zero-order valence-corrected chi connectivity index (χ0v) is 37.6. The molecule has 6 nitrogen and oxygen atoms in total. The number of rotatable bonds is 38. The largest absolute Gasteiger partial charge is 1.00 e. The Labute approximate surface area is 329 Å². The molecule has 49 heavy (non-hydrogen) atoms. The third-order valence-corrected chi connectivity index (χ3v) is 10.3. The molecule has 0 N–H and O–H groups in total. The summed E-state index contributed by atoms with van der Waals surface area (Å²) in [6.07, 6.45) is 26.9. The topological polar surface area (TPSA) is 36.9 Å². The van der Waals surface area contributed by atoms with E-state index in [4.69, 9.17) is 18.9 Å². The van der Waals surface area contributed by atoms with Crippen LogP contribution in [0.4, 0.5) is 0 Å². The minimum Gasteiger partial charge on any atom is -1.00 e. The lowest BCUT2D eigenvalue weighted by atomic mass is 9.92. The quantitative estimate of drug-likeness (QED) is 0.0696. The predicted molar refractivity (Wildman–Crippen MR) is 204 cm³/mol. The third kappa shape index (κ3) is 35.5. The fourth-order valence-electron chi connectivity index (χ4n) is 5.73. The Morgan fingerprint density at radius 2 is 0.592 bits per heavy atom. The van der Waals surface area contributed by atoms with E-state index in [1.807, 2.05) is 0 Å². The van der Waals surface area contributed by atoms with Crippen LogP contribution >= 0.6 is 0 Å². The molecule has 0 bridgehead atoms. The Hall–Kier alpha value is 0.720. The molecule has 0 aromatic heterocycles. The Kier molecular flexibility index (Phi) is 40.9. The number of unbranched alkanes of at least 4 members (excludes halogenated alkanes) is 18. The molecule has 0 radical (unpaired) electrons. The smallest absolute Gasteiger partial charge is 0.102 e. The summed E-state index contributed by atoms with van der Waals surface area (Å²) in [7, 11) is 9.11. The molecule has 0 aromatic carbocycles. The molecule has 0 heterocycles. The first-order valence-electron chi connectivity index (χ1n) is 20.6. The minimum absolute atomic E-state index is 0. The van der Waals surface area contributed by atoms with Crippen molar-refractivity contribution in [1.82, 2.24) is 0 Å². The van der Waals surface area contributed by atoms with Crippen molar-refractivity contribution in [3.8, 4) is 0 Å². The van der Waals surface area contributed by atoms with Crippen LogP contribution in [0.3, 0.4) is 0 Å². The highest BCUT2D eigenvalue weighted by Crippen LogP contribution is 2.22. The lowest BCUT2D eigenvalue weighted by Gasteiger charge is -2.35. The molecule has 0 spiro atoms. The first kappa shape index (κ1) is 54.1. The molecular formula is C41H88Br2N2O4. The molecule has 0 saturated carbocycles. The number of nitrogens with zero attached hydrogens (tertiary/aromatic N) is 2. The van der Waals surface area contributed by atoms with Gasteiger partial charge in [0.2, 0.25) is 0 Å². The van der Waals surface area contributed by atoms with Crippen LogP contribution in [0.5, 0.6) is 0 Å². The van der Waals surface area contributed by atoms with Crippen molar-refractivity contribution in [2.24, 2.45) is 5.41 Å². The summed E-state index contributed by atoms with van der Waals surface area (Å²) in [4.78, 5) is 0. The van der Waals surface area contributed by atoms with Crippen molar-refractivity contribution in [1.29, 1.82) is 0 Å². The number of hydrogen-bond donors (Lipinski definition) is 0. The normalized spacial score (nSPS) is 12.2. The SMILES string of the molecule is CCCCCCCCCCCCOCC(COCCCCCCCCCCCC)(COCC[N+](C)(C)CC)COCC[N+](C)(C)CC.[Br-].[Br-]. The monoisotopic (exact) mass is 831 g/mol. The highest BCUT2D eigenvalue weighted by Gasteiger charge is 2.33. The van der Waals surface area contributed by atoms with Gasteiger partial charge in [-0.2, -0.15) is 0 Å². The van der Waals surface area contributed by atoms with Gasteiger partial charge < -0.3 is 61.9 Å². The molecule has 0 fully saturated rings. The summed E-state index contributed by atoms with van der Waals surface area (Å²) in [5.41, 5.74) is -0.274. The van der Waals surface area contributed by atoms with Gasteiger partial charge in [-0.05, 0) is 26.7 Å². The second-order valence-electron chi connectivity index (χ2n) is 16.0. The van der Waals surface area contributed by atoms with Gasteiger partial charge >= 0.3 is 0 Å². The van der Waals surface area contributed by atoms with Crippen molar-refractivity contribution in [3.05, 3.63) is 0 Å². The number of likely N-dealkylation sites (N-methyl/N-ethyl adjacent to an activating group) is 2. The summed E-state index contributed by atoms with van der Waals surface area (Å²) in [6, 6.07) is 0. The van der Waals surface area contributed by atoms with Crippen LogP contribution in [0.25, 0.3) is 0 Å². The summed E-state index contributed by atoms with van der Waals surface area (Å²) in [6.45, 7) is 19.0. The Bertz CT molecular complexity index is 601. The van der Waals surface area contributed by atoms with Crippen molar-refractivity contribution in [3.63, 3.8) is 0 Å². The maximum absolute atomic E-state index is 6.42. The molecule has 0 amide bonds. The van der Waals surface area contributed by atoms with E-state index in [0.29, 0.717) is 26.4 Å². The summed E-state index contributed by atoms with van der Waals surface area (Å²) in [5.74, 6) is 0. The average Bonchev–Trinajstić information content (AvgIpc) is 3.06. The van der Waals surface area contributed by atoms with E-state index in [0.717, 1.165) is 74.4 Å². The molecule has 0 aromatic rings. The zero-order chi connectivity index (χ0) is 35.0. The highest BCUT2D eigenvalue weighted by molar-refractivity contribution is 4.79. The van der Waals surface area contributed by atoms with Gasteiger partial charge in [-0.15, -0.1) is 0 Å². The first-order chi connectivity index (χ1) is 22.7. The van der Waals surface area contributed by atoms with E-state index >= 15 is 0 Å². The Morgan fingerprint density at radius 3 is 0.857 bits per heavy atom. The van der Waals surface area contributed by atoms with E-state index in [1.54, 1.807) is 0 Å². The predicted octanol–water partition coefficient (Wildman–Crippen LogP) is 4.08. The maximum atomic E-state index is 6.42. The zero-order valence-electron chi connectivity index (χ0n) is 34.4. The molecule has 0 aliphatic heterocycles. The first-order valence-corrected chi connectivity index (χ1v) is 20.6. The van der Waals surface area contributed by atoms with Crippen molar-refractivity contribution in [2.45, 2.75) is 156 Å². The molecule has 0 unspecified atom stereocenters. The van der Waals surface area contributed by atoms with Crippen LogP contribution < -0.4 is 34.0 Å². The van der Waals surface area contributed by atoms with Crippen LogP contribution in [0.15, 0.2) is 0 Å². The van der Waals surface area contributed by atoms with Gasteiger partial charge in [0, 0.05) is 13.2 Å². The molecule has 0 rings (SSSR count). The van der Waals surface area contributed by atoms with E-state index < -0.39 is 0 Å². The van der Waals surface area contributed by atoms with Gasteiger partial charge in [0.1, 0.15) is 13.1 Å². The van der Waals surface area contributed by atoms with Gasteiger partial charge in [0.15, 0.2) is 0 Å². The van der Waals surface area contributed by atoms with Gasteiger partial charge in [-0.3, -0.25) is 0 Å². The average molecular weight is 833 g/mol. The fraction of sp³-hybridized carbons (Fsp3) is 1.00. The lowest BCUT2D eigenvalue weighted by Crippen LogP contribution is -3.00. The standard InChI is InChI=1S/C41H88N2O4.2BrH/c1-9-13-15-17-19-21-23-25-27-29-33-44-37-41(39-46-35-31-42(5,6)11-3,40-47-36-32-43(7,8)12-4)38-45-34-30-28-26-24-22-20-18-16-14-10-2;;/h9-40H2,1-8H3;2*1H/q+2;;/p-2. The third-order valence-electron chi connectivity index (χ3n) is 10.3. The van der Waals surface area contributed by atoms with Gasteiger partial charge in [0.25, 0.3) is 0 Å². The van der Waals surface area contributed by atoms with Gasteiger partial charge in [0.05, 0.1) is 86.3 Å². The molecule has 300 valence electrons. The Morgan fingerprint density at radius 1 is 0.347 bits per heavy atom. The highest BCUT2D eigenvalue weighted by atomic mass is 79.9. The maximum Gasteiger partial charge on any atom is 0.102 e. The lowest BCUT2D eigenvalue weighted by molar-refractivity contribution is -0.889. The van der Waals surface area contributed by atoms with Crippen LogP contribution in [0.2, 0.25) is 0 Å². The van der Waals surface area contributed by atoms with Crippen LogP contribution in [0, 0.1) is 5.41 Å². The van der Waals surface area contributed by atoms with Crippen molar-refractivity contribution >= 4 is 0 Å². The van der Waals surface area contributed by atoms with Crippen molar-refractivity contribution in [2.75, 3.05) is 107 Å². The van der Waals surface area contributed by atoms with E-state index in [2.05, 4.69) is 55.9 Å².